The van der Waals surface area contributed by atoms with E-state index < -0.39 is 21.7 Å². The maximum Gasteiger partial charge on any atom is 0.357 e. The van der Waals surface area contributed by atoms with Crippen molar-refractivity contribution < 1.29 is 18.3 Å². The van der Waals surface area contributed by atoms with E-state index >= 15 is 0 Å². The van der Waals surface area contributed by atoms with E-state index in [1.54, 1.807) is 20.9 Å². The quantitative estimate of drug-likeness (QED) is 0.756. The molecule has 0 aliphatic heterocycles. The number of nitrogens with zero attached hydrogens (tertiary/aromatic N) is 3. The average molecular weight is 313 g/mol. The van der Waals surface area contributed by atoms with E-state index in [0.29, 0.717) is 17.1 Å². The fourth-order valence-electron chi connectivity index (χ4n) is 2.00. The summed E-state index contributed by atoms with van der Waals surface area (Å²) in [5.41, 5.74) is 1.05. The van der Waals surface area contributed by atoms with Gasteiger partial charge in [-0.2, -0.15) is 10.2 Å². The van der Waals surface area contributed by atoms with Gasteiger partial charge >= 0.3 is 5.97 Å². The molecule has 0 atom stereocenters. The molecule has 0 saturated heterocycles. The van der Waals surface area contributed by atoms with Gasteiger partial charge in [0.25, 0.3) is 10.0 Å². The van der Waals surface area contributed by atoms with Crippen LogP contribution in [0.15, 0.2) is 4.90 Å². The number of aromatic carboxylic acids is 1. The van der Waals surface area contributed by atoms with Crippen LogP contribution in [0.1, 0.15) is 27.6 Å². The van der Waals surface area contributed by atoms with E-state index in [1.165, 1.54) is 11.6 Å². The fraction of sp³-hybridized carbons (Fsp3) is 0.364. The molecule has 0 radical (unpaired) electrons. The third-order valence-corrected chi connectivity index (χ3v) is 4.62. The first-order valence-corrected chi connectivity index (χ1v) is 7.44. The highest BCUT2D eigenvalue weighted by atomic mass is 32.2. The number of sulfonamides is 1. The van der Waals surface area contributed by atoms with Crippen LogP contribution in [-0.2, 0) is 17.1 Å². The molecule has 10 heteroatoms. The number of aryl methyl sites for hydroxylation is 3. The second-order valence-electron chi connectivity index (χ2n) is 4.61. The van der Waals surface area contributed by atoms with Gasteiger partial charge in [-0.3, -0.25) is 14.5 Å². The van der Waals surface area contributed by atoms with Crippen molar-refractivity contribution in [3.05, 3.63) is 22.8 Å². The van der Waals surface area contributed by atoms with Gasteiger partial charge in [0.2, 0.25) is 0 Å². The van der Waals surface area contributed by atoms with Gasteiger partial charge in [-0.15, -0.1) is 0 Å². The number of carboxylic acid groups (broad SMARTS) is 1. The molecule has 3 N–H and O–H groups in total. The summed E-state index contributed by atoms with van der Waals surface area (Å²) in [7, 11) is -2.40. The zero-order chi connectivity index (χ0) is 15.9. The van der Waals surface area contributed by atoms with Crippen LogP contribution in [0, 0.1) is 20.8 Å². The first-order chi connectivity index (χ1) is 9.65. The molecule has 0 saturated carbocycles. The Labute approximate surface area is 121 Å². The highest BCUT2D eigenvalue weighted by molar-refractivity contribution is 7.92. The second kappa shape index (κ2) is 4.88. The summed E-state index contributed by atoms with van der Waals surface area (Å²) in [6.07, 6.45) is 0. The number of H-pyrrole nitrogens is 1. The number of hydrogen-bond donors (Lipinski definition) is 3. The monoisotopic (exact) mass is 313 g/mol. The number of anilines is 1. The predicted octanol–water partition coefficient (Wildman–Crippen LogP) is 0.567. The number of nitrogens with one attached hydrogen (secondary N) is 2. The molecule has 0 aliphatic rings. The molecule has 0 amide bonds. The summed E-state index contributed by atoms with van der Waals surface area (Å²) in [4.78, 5) is 10.7. The lowest BCUT2D eigenvalue weighted by Gasteiger charge is -2.08. The Bertz CT molecular complexity index is 818. The van der Waals surface area contributed by atoms with Gasteiger partial charge in [-0.1, -0.05) is 0 Å². The predicted molar refractivity (Wildman–Crippen MR) is 73.8 cm³/mol. The highest BCUT2D eigenvalue weighted by Gasteiger charge is 2.29. The summed E-state index contributed by atoms with van der Waals surface area (Å²) in [5.74, 6) is -1.42. The number of carbonyl (C=O) groups is 1. The Morgan fingerprint density at radius 2 is 1.95 bits per heavy atom. The second-order valence-corrected chi connectivity index (χ2v) is 6.23. The largest absolute Gasteiger partial charge is 0.476 e. The zero-order valence-electron chi connectivity index (χ0n) is 11.9. The number of aromatic amines is 1. The molecule has 2 rings (SSSR count). The molecular formula is C11H15N5O4S. The Kier molecular flexibility index (Phi) is 3.49. The molecule has 0 unspecified atom stereocenters. The molecule has 0 bridgehead atoms. The summed E-state index contributed by atoms with van der Waals surface area (Å²) in [6.45, 7) is 4.81. The fourth-order valence-corrected chi connectivity index (χ4v) is 3.50. The van der Waals surface area contributed by atoms with Crippen molar-refractivity contribution in [2.45, 2.75) is 25.7 Å². The highest BCUT2D eigenvalue weighted by Crippen LogP contribution is 2.25. The molecule has 0 fully saturated rings. The minimum Gasteiger partial charge on any atom is -0.476 e. The zero-order valence-corrected chi connectivity index (χ0v) is 12.7. The Morgan fingerprint density at radius 3 is 2.43 bits per heavy atom. The molecule has 2 aromatic rings. The normalized spacial score (nSPS) is 11.6. The average Bonchev–Trinajstić information content (AvgIpc) is 2.86. The first-order valence-electron chi connectivity index (χ1n) is 5.96. The maximum atomic E-state index is 12.5. The van der Waals surface area contributed by atoms with Gasteiger partial charge in [0.1, 0.15) is 4.90 Å². The smallest absolute Gasteiger partial charge is 0.357 e. The Morgan fingerprint density at radius 1 is 1.33 bits per heavy atom. The van der Waals surface area contributed by atoms with Crippen molar-refractivity contribution in [2.75, 3.05) is 4.72 Å². The van der Waals surface area contributed by atoms with Crippen LogP contribution in [0.2, 0.25) is 0 Å². The van der Waals surface area contributed by atoms with Crippen LogP contribution in [0.4, 0.5) is 5.69 Å². The number of hydrogen-bond acceptors (Lipinski definition) is 5. The van der Waals surface area contributed by atoms with E-state index in [-0.39, 0.29) is 10.6 Å². The summed E-state index contributed by atoms with van der Waals surface area (Å²) >= 11 is 0. The minimum absolute atomic E-state index is 0.152. The summed E-state index contributed by atoms with van der Waals surface area (Å²) in [6, 6.07) is 0. The molecule has 2 heterocycles. The lowest BCUT2D eigenvalue weighted by Crippen LogP contribution is -2.17. The number of aromatic nitrogens is 4. The van der Waals surface area contributed by atoms with E-state index in [0.717, 1.165) is 0 Å². The van der Waals surface area contributed by atoms with Gasteiger partial charge in [-0.05, 0) is 20.8 Å². The molecule has 0 spiro atoms. The van der Waals surface area contributed by atoms with Crippen LogP contribution >= 0.6 is 0 Å². The molecule has 2 aromatic heterocycles. The molecule has 0 aliphatic carbocycles. The lowest BCUT2D eigenvalue weighted by atomic mass is 10.3. The standard InChI is InChI=1S/C11H15N5O4S/c1-5-8(7(3)16(4)14-5)15-21(19,20)10-6(2)12-13-9(10)11(17)18/h15H,1-4H3,(H,12,13)(H,17,18). The summed E-state index contributed by atoms with van der Waals surface area (Å²) in [5, 5.41) is 19.0. The third-order valence-electron chi connectivity index (χ3n) is 3.11. The molecule has 9 nitrogen and oxygen atoms in total. The van der Waals surface area contributed by atoms with Gasteiger partial charge in [0.15, 0.2) is 5.69 Å². The van der Waals surface area contributed by atoms with Crippen LogP contribution < -0.4 is 4.72 Å². The molecular weight excluding hydrogens is 298 g/mol. The van der Waals surface area contributed by atoms with Crippen LogP contribution in [0.3, 0.4) is 0 Å². The SMILES string of the molecule is Cc1nn(C)c(C)c1NS(=O)(=O)c1c(C(=O)O)n[nH]c1C. The molecule has 114 valence electrons. The first kappa shape index (κ1) is 15.0. The molecule has 0 aromatic carbocycles. The van der Waals surface area contributed by atoms with Crippen molar-refractivity contribution in [3.63, 3.8) is 0 Å². The van der Waals surface area contributed by atoms with Crippen molar-refractivity contribution in [2.24, 2.45) is 7.05 Å². The van der Waals surface area contributed by atoms with Gasteiger partial charge in [-0.25, -0.2) is 13.2 Å². The third kappa shape index (κ3) is 2.49. The number of carboxylic acids is 1. The van der Waals surface area contributed by atoms with Gasteiger partial charge in [0.05, 0.1) is 22.8 Å². The summed E-state index contributed by atoms with van der Waals surface area (Å²) < 4.78 is 28.8. The van der Waals surface area contributed by atoms with Crippen molar-refractivity contribution in [1.82, 2.24) is 20.0 Å². The van der Waals surface area contributed by atoms with E-state index in [4.69, 9.17) is 5.11 Å². The number of rotatable bonds is 4. The maximum absolute atomic E-state index is 12.5. The van der Waals surface area contributed by atoms with E-state index in [1.807, 2.05) is 0 Å². The molecule has 21 heavy (non-hydrogen) atoms. The lowest BCUT2D eigenvalue weighted by molar-refractivity contribution is 0.0686. The topological polar surface area (TPSA) is 130 Å². The van der Waals surface area contributed by atoms with Crippen LogP contribution in [0.5, 0.6) is 0 Å². The van der Waals surface area contributed by atoms with Gasteiger partial charge in [0, 0.05) is 7.05 Å². The van der Waals surface area contributed by atoms with E-state index in [9.17, 15) is 13.2 Å². The Hall–Kier alpha value is -2.36. The van der Waals surface area contributed by atoms with Crippen molar-refractivity contribution in [3.8, 4) is 0 Å². The Balaban J connectivity index is 2.54. The van der Waals surface area contributed by atoms with E-state index in [2.05, 4.69) is 20.0 Å². The van der Waals surface area contributed by atoms with Crippen LogP contribution in [-0.4, -0.2) is 39.5 Å². The van der Waals surface area contributed by atoms with Gasteiger partial charge < -0.3 is 5.11 Å². The minimum atomic E-state index is -4.09. The van der Waals surface area contributed by atoms with Crippen LogP contribution in [0.25, 0.3) is 0 Å². The van der Waals surface area contributed by atoms with Crippen molar-refractivity contribution >= 4 is 21.7 Å². The van der Waals surface area contributed by atoms with Crippen molar-refractivity contribution in [1.29, 1.82) is 0 Å².